The van der Waals surface area contributed by atoms with Crippen LogP contribution in [-0.2, 0) is 9.53 Å². The maximum Gasteiger partial charge on any atom is 0.338 e. The lowest BCUT2D eigenvalue weighted by Crippen LogP contribution is -2.54. The maximum atomic E-state index is 11.7. The molecule has 0 spiro atoms. The third-order valence-corrected chi connectivity index (χ3v) is 3.32. The van der Waals surface area contributed by atoms with Gasteiger partial charge in [-0.15, -0.1) is 0 Å². The van der Waals surface area contributed by atoms with E-state index in [0.717, 1.165) is 19.3 Å². The van der Waals surface area contributed by atoms with Crippen LogP contribution in [0, 0.1) is 5.41 Å². The van der Waals surface area contributed by atoms with Gasteiger partial charge in [0.1, 0.15) is 0 Å². The average molecular weight is 200 g/mol. The molecule has 1 saturated carbocycles. The lowest BCUT2D eigenvalue weighted by Gasteiger charge is -2.44. The Balaban J connectivity index is 2.83. The molecular weight excluding hydrogens is 180 g/mol. The summed E-state index contributed by atoms with van der Waals surface area (Å²) in [6, 6.07) is 0. The molecule has 0 aliphatic heterocycles. The van der Waals surface area contributed by atoms with E-state index in [1.165, 1.54) is 0 Å². The van der Waals surface area contributed by atoms with Crippen molar-refractivity contribution in [3.63, 3.8) is 0 Å². The van der Waals surface area contributed by atoms with Gasteiger partial charge in [-0.1, -0.05) is 20.3 Å². The molecule has 3 nitrogen and oxygen atoms in total. The molecule has 0 radical (unpaired) electrons. The molecule has 1 rings (SSSR count). The van der Waals surface area contributed by atoms with Crippen molar-refractivity contribution >= 4 is 5.97 Å². The van der Waals surface area contributed by atoms with Crippen LogP contribution in [0.25, 0.3) is 0 Å². The van der Waals surface area contributed by atoms with Crippen LogP contribution in [0.5, 0.6) is 0 Å². The molecule has 82 valence electrons. The smallest absolute Gasteiger partial charge is 0.338 e. The van der Waals surface area contributed by atoms with Crippen molar-refractivity contribution < 1.29 is 14.6 Å². The normalized spacial score (nSPS) is 31.1. The number of hydrogen-bond acceptors (Lipinski definition) is 3. The van der Waals surface area contributed by atoms with E-state index in [9.17, 15) is 9.90 Å². The van der Waals surface area contributed by atoms with Gasteiger partial charge in [-0.3, -0.25) is 0 Å². The van der Waals surface area contributed by atoms with Crippen molar-refractivity contribution in [2.45, 2.75) is 52.1 Å². The summed E-state index contributed by atoms with van der Waals surface area (Å²) in [7, 11) is 0. The molecule has 1 aliphatic carbocycles. The number of carbonyl (C=O) groups excluding carboxylic acids is 1. The molecule has 0 aromatic heterocycles. The summed E-state index contributed by atoms with van der Waals surface area (Å²) >= 11 is 0. The lowest BCUT2D eigenvalue weighted by atomic mass is 9.65. The second kappa shape index (κ2) is 3.89. The number of hydrogen-bond donors (Lipinski definition) is 1. The maximum absolute atomic E-state index is 11.7. The van der Waals surface area contributed by atoms with Crippen molar-refractivity contribution in [3.05, 3.63) is 0 Å². The van der Waals surface area contributed by atoms with E-state index in [0.29, 0.717) is 13.0 Å². The standard InChI is InChI=1S/C11H20O3/c1-4-14-9(12)11(13)8-6-5-7-10(11,2)3/h13H,4-8H2,1-3H3. The van der Waals surface area contributed by atoms with Crippen LogP contribution in [0.4, 0.5) is 0 Å². The summed E-state index contributed by atoms with van der Waals surface area (Å²) < 4.78 is 4.93. The fraction of sp³-hybridized carbons (Fsp3) is 0.909. The summed E-state index contributed by atoms with van der Waals surface area (Å²) in [6.07, 6.45) is 3.38. The Morgan fingerprint density at radius 2 is 1.93 bits per heavy atom. The van der Waals surface area contributed by atoms with Crippen LogP contribution < -0.4 is 0 Å². The van der Waals surface area contributed by atoms with E-state index >= 15 is 0 Å². The number of carbonyl (C=O) groups is 1. The van der Waals surface area contributed by atoms with Crippen LogP contribution in [0.15, 0.2) is 0 Å². The average Bonchev–Trinajstić information content (AvgIpc) is 2.10. The van der Waals surface area contributed by atoms with Crippen LogP contribution in [-0.4, -0.2) is 23.3 Å². The number of rotatable bonds is 2. The highest BCUT2D eigenvalue weighted by Crippen LogP contribution is 2.44. The Kier molecular flexibility index (Phi) is 3.20. The first-order valence-corrected chi connectivity index (χ1v) is 5.33. The molecule has 0 amide bonds. The Morgan fingerprint density at radius 1 is 1.36 bits per heavy atom. The SMILES string of the molecule is CCOC(=O)C1(O)CCCCC1(C)C. The molecule has 1 unspecified atom stereocenters. The van der Waals surface area contributed by atoms with Gasteiger partial charge in [0.05, 0.1) is 6.61 Å². The van der Waals surface area contributed by atoms with E-state index in [-0.39, 0.29) is 5.41 Å². The number of esters is 1. The minimum atomic E-state index is -1.28. The fourth-order valence-electron chi connectivity index (χ4n) is 2.12. The van der Waals surface area contributed by atoms with Gasteiger partial charge in [0.25, 0.3) is 0 Å². The Morgan fingerprint density at radius 3 is 2.43 bits per heavy atom. The third-order valence-electron chi connectivity index (χ3n) is 3.32. The van der Waals surface area contributed by atoms with E-state index in [4.69, 9.17) is 4.74 Å². The highest BCUT2D eigenvalue weighted by atomic mass is 16.5. The quantitative estimate of drug-likeness (QED) is 0.692. The number of aliphatic hydroxyl groups is 1. The van der Waals surface area contributed by atoms with Gasteiger partial charge >= 0.3 is 5.97 Å². The van der Waals surface area contributed by atoms with E-state index in [2.05, 4.69) is 0 Å². The third kappa shape index (κ3) is 1.78. The topological polar surface area (TPSA) is 46.5 Å². The zero-order valence-corrected chi connectivity index (χ0v) is 9.30. The van der Waals surface area contributed by atoms with Crippen molar-refractivity contribution in [1.82, 2.24) is 0 Å². The van der Waals surface area contributed by atoms with Gasteiger partial charge in [0.15, 0.2) is 5.60 Å². The zero-order valence-electron chi connectivity index (χ0n) is 9.30. The van der Waals surface area contributed by atoms with E-state index < -0.39 is 11.6 Å². The van der Waals surface area contributed by atoms with E-state index in [1.807, 2.05) is 13.8 Å². The van der Waals surface area contributed by atoms with Gasteiger partial charge in [-0.25, -0.2) is 4.79 Å². The molecule has 1 atom stereocenters. The summed E-state index contributed by atoms with van der Waals surface area (Å²) in [5.41, 5.74) is -1.64. The van der Waals surface area contributed by atoms with Gasteiger partial charge in [0.2, 0.25) is 0 Å². The second-order valence-electron chi connectivity index (χ2n) is 4.67. The Hall–Kier alpha value is -0.570. The molecule has 0 aromatic carbocycles. The predicted octanol–water partition coefficient (Wildman–Crippen LogP) is 1.88. The van der Waals surface area contributed by atoms with Crippen molar-refractivity contribution in [2.75, 3.05) is 6.61 Å². The number of ether oxygens (including phenoxy) is 1. The predicted molar refractivity (Wildman–Crippen MR) is 53.8 cm³/mol. The highest BCUT2D eigenvalue weighted by Gasteiger charge is 2.51. The second-order valence-corrected chi connectivity index (χ2v) is 4.67. The largest absolute Gasteiger partial charge is 0.464 e. The molecule has 14 heavy (non-hydrogen) atoms. The molecule has 1 aliphatic rings. The molecule has 0 saturated heterocycles. The monoisotopic (exact) mass is 200 g/mol. The van der Waals surface area contributed by atoms with Crippen molar-refractivity contribution in [1.29, 1.82) is 0 Å². The lowest BCUT2D eigenvalue weighted by molar-refractivity contribution is -0.185. The molecular formula is C11H20O3. The van der Waals surface area contributed by atoms with Gasteiger partial charge in [-0.2, -0.15) is 0 Å². The summed E-state index contributed by atoms with van der Waals surface area (Å²) in [5, 5.41) is 10.3. The minimum Gasteiger partial charge on any atom is -0.464 e. The Bertz CT molecular complexity index is 223. The molecule has 0 bridgehead atoms. The van der Waals surface area contributed by atoms with Gasteiger partial charge in [0, 0.05) is 5.41 Å². The van der Waals surface area contributed by atoms with Gasteiger partial charge in [-0.05, 0) is 26.2 Å². The summed E-state index contributed by atoms with van der Waals surface area (Å²) in [4.78, 5) is 11.7. The first-order valence-electron chi connectivity index (χ1n) is 5.33. The first-order chi connectivity index (χ1) is 6.44. The van der Waals surface area contributed by atoms with Crippen LogP contribution in [0.1, 0.15) is 46.5 Å². The van der Waals surface area contributed by atoms with E-state index in [1.54, 1.807) is 6.92 Å². The summed E-state index contributed by atoms with van der Waals surface area (Å²) in [6.45, 7) is 5.96. The fourth-order valence-corrected chi connectivity index (χ4v) is 2.12. The molecule has 3 heteroatoms. The minimum absolute atomic E-state index is 0.331. The van der Waals surface area contributed by atoms with Crippen molar-refractivity contribution in [2.24, 2.45) is 5.41 Å². The molecule has 0 heterocycles. The van der Waals surface area contributed by atoms with Crippen LogP contribution >= 0.6 is 0 Å². The first kappa shape index (κ1) is 11.5. The highest BCUT2D eigenvalue weighted by molar-refractivity contribution is 5.80. The molecule has 1 fully saturated rings. The van der Waals surface area contributed by atoms with Gasteiger partial charge < -0.3 is 9.84 Å². The summed E-state index contributed by atoms with van der Waals surface area (Å²) in [5.74, 6) is -0.454. The zero-order chi connectivity index (χ0) is 10.8. The van der Waals surface area contributed by atoms with Crippen LogP contribution in [0.2, 0.25) is 0 Å². The molecule has 0 aromatic rings. The molecule has 1 N–H and O–H groups in total. The van der Waals surface area contributed by atoms with Crippen LogP contribution in [0.3, 0.4) is 0 Å². The Labute approximate surface area is 85.5 Å². The van der Waals surface area contributed by atoms with Crippen molar-refractivity contribution in [3.8, 4) is 0 Å².